The number of carboxylic acid groups (broad SMARTS) is 1. The highest BCUT2D eigenvalue weighted by Crippen LogP contribution is 2.20. The second-order valence-electron chi connectivity index (χ2n) is 4.96. The topological polar surface area (TPSA) is 66.8 Å². The van der Waals surface area contributed by atoms with E-state index in [1.165, 1.54) is 6.08 Å². The lowest BCUT2D eigenvalue weighted by Crippen LogP contribution is -2.30. The predicted octanol–water partition coefficient (Wildman–Crippen LogP) is 2.17. The van der Waals surface area contributed by atoms with E-state index in [1.807, 2.05) is 24.0 Å². The van der Waals surface area contributed by atoms with Crippen molar-refractivity contribution >= 4 is 18.0 Å². The van der Waals surface area contributed by atoms with Crippen molar-refractivity contribution in [2.75, 3.05) is 13.1 Å². The number of ether oxygens (including phenoxy) is 1. The van der Waals surface area contributed by atoms with Crippen molar-refractivity contribution in [1.29, 1.82) is 0 Å². The van der Waals surface area contributed by atoms with E-state index in [9.17, 15) is 9.59 Å². The van der Waals surface area contributed by atoms with Crippen LogP contribution in [0.2, 0.25) is 0 Å². The first-order valence-electron chi connectivity index (χ1n) is 7.04. The average molecular weight is 289 g/mol. The highest BCUT2D eigenvalue weighted by molar-refractivity contribution is 5.85. The van der Waals surface area contributed by atoms with E-state index in [1.54, 1.807) is 12.1 Å². The molecule has 1 atom stereocenters. The van der Waals surface area contributed by atoms with Crippen molar-refractivity contribution in [3.05, 3.63) is 35.9 Å². The molecule has 0 aliphatic carbocycles. The van der Waals surface area contributed by atoms with Crippen LogP contribution in [0.4, 0.5) is 0 Å². The van der Waals surface area contributed by atoms with Crippen molar-refractivity contribution in [3.63, 3.8) is 0 Å². The predicted molar refractivity (Wildman–Crippen MR) is 79.0 cm³/mol. The fourth-order valence-electron chi connectivity index (χ4n) is 2.29. The van der Waals surface area contributed by atoms with Crippen molar-refractivity contribution in [2.45, 2.75) is 25.9 Å². The molecule has 0 aromatic heterocycles. The Kier molecular flexibility index (Phi) is 4.98. The number of hydrogen-bond acceptors (Lipinski definition) is 3. The van der Waals surface area contributed by atoms with Crippen LogP contribution in [0.3, 0.4) is 0 Å². The van der Waals surface area contributed by atoms with E-state index in [0.717, 1.165) is 30.4 Å². The number of hydrogen-bond donors (Lipinski definition) is 1. The van der Waals surface area contributed by atoms with Gasteiger partial charge in [-0.2, -0.15) is 0 Å². The number of amides is 1. The van der Waals surface area contributed by atoms with Gasteiger partial charge in [0.2, 0.25) is 5.91 Å². The molecule has 0 bridgehead atoms. The molecule has 1 amide bonds. The summed E-state index contributed by atoms with van der Waals surface area (Å²) < 4.78 is 5.85. The van der Waals surface area contributed by atoms with Gasteiger partial charge < -0.3 is 14.7 Å². The van der Waals surface area contributed by atoms with Gasteiger partial charge in [-0.3, -0.25) is 4.79 Å². The Morgan fingerprint density at radius 3 is 2.71 bits per heavy atom. The van der Waals surface area contributed by atoms with Crippen LogP contribution in [0.15, 0.2) is 30.3 Å². The van der Waals surface area contributed by atoms with Gasteiger partial charge in [0.25, 0.3) is 0 Å². The molecule has 1 saturated heterocycles. The lowest BCUT2D eigenvalue weighted by molar-refractivity contribution is -0.131. The molecule has 5 nitrogen and oxygen atoms in total. The monoisotopic (exact) mass is 289 g/mol. The minimum absolute atomic E-state index is 0.0286. The Morgan fingerprint density at radius 2 is 2.10 bits per heavy atom. The van der Waals surface area contributed by atoms with E-state index < -0.39 is 5.97 Å². The van der Waals surface area contributed by atoms with Gasteiger partial charge in [0.05, 0.1) is 6.54 Å². The molecule has 1 aliphatic heterocycles. The van der Waals surface area contributed by atoms with Gasteiger partial charge in [-0.1, -0.05) is 19.1 Å². The van der Waals surface area contributed by atoms with Crippen LogP contribution in [0.1, 0.15) is 25.3 Å². The van der Waals surface area contributed by atoms with Gasteiger partial charge in [-0.05, 0) is 23.8 Å². The molecule has 0 radical (unpaired) electrons. The Hall–Kier alpha value is -2.30. The standard InChI is InChI=1S/C16H19NO4/c1-2-15(18)17-10-9-14(11-17)21-13-6-3-12(4-7-13)5-8-16(19)20/h3-8,14H,2,9-11H2,1H3,(H,19,20)/t14-/m0/s1. The minimum Gasteiger partial charge on any atom is -0.489 e. The van der Waals surface area contributed by atoms with Crippen molar-refractivity contribution < 1.29 is 19.4 Å². The molecular formula is C16H19NO4. The summed E-state index contributed by atoms with van der Waals surface area (Å²) in [6, 6.07) is 7.23. The van der Waals surface area contributed by atoms with Crippen molar-refractivity contribution in [3.8, 4) is 5.75 Å². The third kappa shape index (κ3) is 4.34. The summed E-state index contributed by atoms with van der Waals surface area (Å²) >= 11 is 0. The highest BCUT2D eigenvalue weighted by atomic mass is 16.5. The van der Waals surface area contributed by atoms with E-state index in [0.29, 0.717) is 13.0 Å². The molecule has 21 heavy (non-hydrogen) atoms. The van der Waals surface area contributed by atoms with Crippen LogP contribution < -0.4 is 4.74 Å². The molecule has 0 saturated carbocycles. The van der Waals surface area contributed by atoms with Crippen LogP contribution in [0, 0.1) is 0 Å². The molecule has 112 valence electrons. The van der Waals surface area contributed by atoms with Gasteiger partial charge >= 0.3 is 5.97 Å². The molecule has 0 unspecified atom stereocenters. The molecule has 5 heteroatoms. The second-order valence-corrected chi connectivity index (χ2v) is 4.96. The Morgan fingerprint density at radius 1 is 1.38 bits per heavy atom. The molecule has 1 aromatic carbocycles. The summed E-state index contributed by atoms with van der Waals surface area (Å²) in [7, 11) is 0. The number of carbonyl (C=O) groups is 2. The third-order valence-corrected chi connectivity index (χ3v) is 3.40. The van der Waals surface area contributed by atoms with Crippen LogP contribution in [0.25, 0.3) is 6.08 Å². The first kappa shape index (κ1) is 15.1. The minimum atomic E-state index is -0.970. The molecule has 2 rings (SSSR count). The first-order valence-corrected chi connectivity index (χ1v) is 7.04. The second kappa shape index (κ2) is 6.92. The van der Waals surface area contributed by atoms with E-state index in [4.69, 9.17) is 9.84 Å². The lowest BCUT2D eigenvalue weighted by Gasteiger charge is -2.16. The van der Waals surface area contributed by atoms with Crippen LogP contribution in [-0.2, 0) is 9.59 Å². The number of nitrogens with zero attached hydrogens (tertiary/aromatic N) is 1. The van der Waals surface area contributed by atoms with Crippen LogP contribution >= 0.6 is 0 Å². The molecule has 1 heterocycles. The number of rotatable bonds is 5. The van der Waals surface area contributed by atoms with Crippen molar-refractivity contribution in [2.24, 2.45) is 0 Å². The maximum absolute atomic E-state index is 11.6. The summed E-state index contributed by atoms with van der Waals surface area (Å²) in [5, 5.41) is 8.57. The molecule has 1 fully saturated rings. The van der Waals surface area contributed by atoms with E-state index >= 15 is 0 Å². The average Bonchev–Trinajstić information content (AvgIpc) is 2.94. The number of carboxylic acids is 1. The highest BCUT2D eigenvalue weighted by Gasteiger charge is 2.26. The zero-order chi connectivity index (χ0) is 15.2. The maximum Gasteiger partial charge on any atom is 0.328 e. The molecule has 1 aromatic rings. The molecule has 1 aliphatic rings. The van der Waals surface area contributed by atoms with Gasteiger partial charge in [0, 0.05) is 25.5 Å². The summed E-state index contributed by atoms with van der Waals surface area (Å²) in [4.78, 5) is 23.9. The summed E-state index contributed by atoms with van der Waals surface area (Å²) in [5.41, 5.74) is 0.805. The van der Waals surface area contributed by atoms with E-state index in [-0.39, 0.29) is 12.0 Å². The fraction of sp³-hybridized carbons (Fsp3) is 0.375. The molecule has 0 spiro atoms. The third-order valence-electron chi connectivity index (χ3n) is 3.40. The zero-order valence-electron chi connectivity index (χ0n) is 12.0. The lowest BCUT2D eigenvalue weighted by atomic mass is 10.2. The number of aliphatic carboxylic acids is 1. The largest absolute Gasteiger partial charge is 0.489 e. The SMILES string of the molecule is CCC(=O)N1CC[C@H](Oc2ccc(C=CC(=O)O)cc2)C1. The van der Waals surface area contributed by atoms with Gasteiger partial charge in [-0.25, -0.2) is 4.79 Å². The Balaban J connectivity index is 1.89. The van der Waals surface area contributed by atoms with Crippen LogP contribution in [-0.4, -0.2) is 41.1 Å². The van der Waals surface area contributed by atoms with Crippen molar-refractivity contribution in [1.82, 2.24) is 4.90 Å². The number of carbonyl (C=O) groups excluding carboxylic acids is 1. The maximum atomic E-state index is 11.6. The Bertz CT molecular complexity index is 536. The normalized spacial score (nSPS) is 18.1. The fourth-order valence-corrected chi connectivity index (χ4v) is 2.29. The molecular weight excluding hydrogens is 270 g/mol. The van der Waals surface area contributed by atoms with Gasteiger partial charge in [-0.15, -0.1) is 0 Å². The quantitative estimate of drug-likeness (QED) is 0.844. The first-order chi connectivity index (χ1) is 10.1. The summed E-state index contributed by atoms with van der Waals surface area (Å²) in [6.07, 6.45) is 4.02. The summed E-state index contributed by atoms with van der Waals surface area (Å²) in [5.74, 6) is -0.0736. The zero-order valence-corrected chi connectivity index (χ0v) is 12.0. The number of likely N-dealkylation sites (tertiary alicyclic amines) is 1. The van der Waals surface area contributed by atoms with Crippen LogP contribution in [0.5, 0.6) is 5.75 Å². The Labute approximate surface area is 123 Å². The molecule has 1 N–H and O–H groups in total. The number of benzene rings is 1. The van der Waals surface area contributed by atoms with Gasteiger partial charge in [0.15, 0.2) is 0 Å². The van der Waals surface area contributed by atoms with E-state index in [2.05, 4.69) is 0 Å². The summed E-state index contributed by atoms with van der Waals surface area (Å²) in [6.45, 7) is 3.24. The van der Waals surface area contributed by atoms with Gasteiger partial charge in [0.1, 0.15) is 11.9 Å². The smallest absolute Gasteiger partial charge is 0.328 e.